The van der Waals surface area contributed by atoms with Gasteiger partial charge in [-0.1, -0.05) is 90.8 Å². The van der Waals surface area contributed by atoms with E-state index in [1.807, 2.05) is 18.2 Å². The van der Waals surface area contributed by atoms with Crippen LogP contribution in [0.2, 0.25) is 0 Å². The molecule has 0 spiro atoms. The molecule has 8 nitrogen and oxygen atoms in total. The summed E-state index contributed by atoms with van der Waals surface area (Å²) in [6.45, 7) is 14.5. The van der Waals surface area contributed by atoms with E-state index in [1.165, 1.54) is 0 Å². The van der Waals surface area contributed by atoms with E-state index in [4.69, 9.17) is 28.4 Å². The van der Waals surface area contributed by atoms with Gasteiger partial charge in [0.15, 0.2) is 23.0 Å². The van der Waals surface area contributed by atoms with Crippen LogP contribution in [0, 0.1) is 29.1 Å². The largest absolute Gasteiger partial charge is 0.493 e. The number of methoxy groups -OCH3 is 4. The van der Waals surface area contributed by atoms with Crippen LogP contribution < -0.4 is 33.7 Å². The number of hydrogen-bond donors (Lipinski definition) is 1. The van der Waals surface area contributed by atoms with Gasteiger partial charge in [0.1, 0.15) is 0 Å². The number of rotatable bonds is 22. The molecule has 4 rings (SSSR count). The van der Waals surface area contributed by atoms with Crippen molar-refractivity contribution in [2.24, 2.45) is 17.8 Å². The summed E-state index contributed by atoms with van der Waals surface area (Å²) in [4.78, 5) is 0. The molecule has 1 aliphatic heterocycles. The topological polar surface area (TPSA) is 91.2 Å². The molecule has 4 atom stereocenters. The van der Waals surface area contributed by atoms with Gasteiger partial charge < -0.3 is 33.7 Å². The Morgan fingerprint density at radius 1 is 0.778 bits per heavy atom. The smallest absolute Gasteiger partial charge is 0.207 e. The number of hydrogen-bond acceptors (Lipinski definition) is 8. The second-order valence-electron chi connectivity index (χ2n) is 15.5. The summed E-state index contributed by atoms with van der Waals surface area (Å²) >= 11 is 0. The molecule has 3 aromatic carbocycles. The predicted octanol–water partition coefficient (Wildman–Crippen LogP) is 10.6. The number of nitrogens with one attached hydrogen (secondary N) is 1. The lowest BCUT2D eigenvalue weighted by molar-refractivity contribution is 0.240. The van der Waals surface area contributed by atoms with E-state index in [-0.39, 0.29) is 18.0 Å². The van der Waals surface area contributed by atoms with Crippen molar-refractivity contribution in [2.75, 3.05) is 41.7 Å². The first-order valence-electron chi connectivity index (χ1n) is 20.1. The second kappa shape index (κ2) is 20.6. The summed E-state index contributed by atoms with van der Waals surface area (Å²) in [6, 6.07) is 19.1. The van der Waals surface area contributed by atoms with E-state index in [2.05, 4.69) is 83.3 Å². The average Bonchev–Trinajstić information content (AvgIpc) is 3.19. The summed E-state index contributed by atoms with van der Waals surface area (Å²) in [5, 5.41) is 14.8. The Balaban J connectivity index is 1.76. The lowest BCUT2D eigenvalue weighted by Crippen LogP contribution is -2.41. The average molecular weight is 743 g/mol. The zero-order valence-corrected chi connectivity index (χ0v) is 34.7. The third-order valence-electron chi connectivity index (χ3n) is 11.5. The first-order chi connectivity index (χ1) is 26.1. The van der Waals surface area contributed by atoms with Gasteiger partial charge in [0, 0.05) is 17.2 Å². The van der Waals surface area contributed by atoms with Crippen molar-refractivity contribution in [3.8, 4) is 40.6 Å². The number of benzene rings is 3. The molecule has 0 aliphatic carbocycles. The Kier molecular flexibility index (Phi) is 16.2. The molecule has 0 radical (unpaired) electrons. The molecular formula is C46H66N2O6. The Labute approximate surface area is 325 Å². The maximum Gasteiger partial charge on any atom is 0.207 e. The Morgan fingerprint density at radius 2 is 1.44 bits per heavy atom. The Hall–Kier alpha value is -4.09. The van der Waals surface area contributed by atoms with Crippen molar-refractivity contribution in [1.82, 2.24) is 5.32 Å². The van der Waals surface area contributed by atoms with Gasteiger partial charge in [0.05, 0.1) is 59.2 Å². The number of ether oxygens (including phenoxy) is 6. The highest BCUT2D eigenvalue weighted by Crippen LogP contribution is 2.54. The lowest BCUT2D eigenvalue weighted by atomic mass is 9.69. The molecule has 0 bridgehead atoms. The second-order valence-corrected chi connectivity index (χ2v) is 15.5. The van der Waals surface area contributed by atoms with Gasteiger partial charge in [0.2, 0.25) is 11.5 Å². The molecule has 0 saturated carbocycles. The van der Waals surface area contributed by atoms with E-state index in [0.717, 1.165) is 85.1 Å². The van der Waals surface area contributed by atoms with Crippen LogP contribution in [0.25, 0.3) is 0 Å². The maximum absolute atomic E-state index is 10.8. The van der Waals surface area contributed by atoms with Crippen LogP contribution >= 0.6 is 0 Å². The monoisotopic (exact) mass is 742 g/mol. The summed E-state index contributed by atoms with van der Waals surface area (Å²) < 4.78 is 36.9. The zero-order valence-electron chi connectivity index (χ0n) is 34.7. The molecule has 54 heavy (non-hydrogen) atoms. The van der Waals surface area contributed by atoms with Crippen LogP contribution in [0.1, 0.15) is 121 Å². The molecule has 0 aromatic heterocycles. The fourth-order valence-corrected chi connectivity index (χ4v) is 7.81. The van der Waals surface area contributed by atoms with E-state index in [9.17, 15) is 5.26 Å². The van der Waals surface area contributed by atoms with Gasteiger partial charge in [-0.15, -0.1) is 0 Å². The van der Waals surface area contributed by atoms with Gasteiger partial charge in [-0.2, -0.15) is 5.26 Å². The summed E-state index contributed by atoms with van der Waals surface area (Å²) in [7, 11) is 6.64. The molecule has 1 aliphatic rings. The first-order valence-corrected chi connectivity index (χ1v) is 20.1. The summed E-state index contributed by atoms with van der Waals surface area (Å²) in [6.07, 6.45) is 8.30. The molecule has 2 unspecified atom stereocenters. The van der Waals surface area contributed by atoms with Crippen molar-refractivity contribution in [3.05, 3.63) is 70.8 Å². The number of nitriles is 1. The number of fused-ring (bicyclic) bond motifs is 1. The molecule has 0 saturated heterocycles. The van der Waals surface area contributed by atoms with E-state index < -0.39 is 5.41 Å². The normalized spacial score (nSPS) is 16.9. The summed E-state index contributed by atoms with van der Waals surface area (Å²) in [5.41, 5.74) is 3.55. The minimum atomic E-state index is -0.691. The minimum absolute atomic E-state index is 0.0841. The lowest BCUT2D eigenvalue weighted by Gasteiger charge is -2.38. The van der Waals surface area contributed by atoms with Crippen LogP contribution in [0.5, 0.6) is 34.5 Å². The van der Waals surface area contributed by atoms with Gasteiger partial charge in [-0.25, -0.2) is 0 Å². The van der Waals surface area contributed by atoms with Crippen molar-refractivity contribution in [3.63, 3.8) is 0 Å². The summed E-state index contributed by atoms with van der Waals surface area (Å²) in [5.74, 6) is 5.23. The molecular weight excluding hydrogens is 677 g/mol. The minimum Gasteiger partial charge on any atom is -0.493 e. The van der Waals surface area contributed by atoms with E-state index >= 15 is 0 Å². The third kappa shape index (κ3) is 9.76. The zero-order chi connectivity index (χ0) is 39.3. The van der Waals surface area contributed by atoms with Gasteiger partial charge in [0.25, 0.3) is 0 Å². The highest BCUT2D eigenvalue weighted by Gasteiger charge is 2.40. The van der Waals surface area contributed by atoms with Crippen molar-refractivity contribution < 1.29 is 28.4 Å². The third-order valence-corrected chi connectivity index (χ3v) is 11.5. The number of nitrogens with zero attached hydrogens (tertiary/aromatic N) is 1. The Bertz CT molecular complexity index is 1650. The van der Waals surface area contributed by atoms with Crippen molar-refractivity contribution >= 4 is 0 Å². The van der Waals surface area contributed by atoms with E-state index in [1.54, 1.807) is 28.4 Å². The first kappa shape index (κ1) is 42.6. The molecule has 3 aromatic rings. The van der Waals surface area contributed by atoms with Crippen molar-refractivity contribution in [2.45, 2.75) is 117 Å². The van der Waals surface area contributed by atoms with E-state index in [0.29, 0.717) is 54.5 Å². The van der Waals surface area contributed by atoms with Crippen LogP contribution in [0.4, 0.5) is 0 Å². The van der Waals surface area contributed by atoms with Crippen LogP contribution in [-0.2, 0) is 11.8 Å². The van der Waals surface area contributed by atoms with Crippen LogP contribution in [-0.4, -0.2) is 47.7 Å². The molecule has 296 valence electrons. The fraction of sp³-hybridized carbons (Fsp3) is 0.587. The van der Waals surface area contributed by atoms with Crippen molar-refractivity contribution in [1.29, 1.82) is 5.26 Å². The maximum atomic E-state index is 10.8. The van der Waals surface area contributed by atoms with Gasteiger partial charge >= 0.3 is 0 Å². The molecule has 1 N–H and O–H groups in total. The molecule has 0 fully saturated rings. The molecule has 8 heteroatoms. The molecule has 0 amide bonds. The fourth-order valence-electron chi connectivity index (χ4n) is 7.81. The standard InChI is InChI=1S/C46H66N2O6/c1-11-12-16-26-53-42-37-29-36(22-17-25-46(30-47,32(4)5)35-23-24-38(49-7)39(28-35)50-8)48-41(34-20-14-13-15-21-34)40(37)43(45(52-10)44(42)51-9)54-27-18-19-33(6)31(2)3/h13-15,20-21,23-24,28,31-33,36,41,48H,11-12,16-19,22,25-27,29H2,1-10H3/t33-,36+,41?,46?/m1/s1. The molecule has 1 heterocycles. The highest BCUT2D eigenvalue weighted by atomic mass is 16.5. The van der Waals surface area contributed by atoms with Crippen LogP contribution in [0.3, 0.4) is 0 Å². The number of unbranched alkanes of at least 4 members (excludes halogenated alkanes) is 2. The SMILES string of the molecule is CCCCCOc1c2c(c(OCCC[C@@H](C)C(C)C)c(OC)c1OC)C(c1ccccc1)N[C@@H](CCCC(C#N)(c1ccc(OC)c(OC)c1)C(C)C)C2. The van der Waals surface area contributed by atoms with Crippen LogP contribution in [0.15, 0.2) is 48.5 Å². The van der Waals surface area contributed by atoms with Gasteiger partial charge in [-0.05, 0) is 86.0 Å². The van der Waals surface area contributed by atoms with Gasteiger partial charge in [-0.3, -0.25) is 0 Å². The highest BCUT2D eigenvalue weighted by molar-refractivity contribution is 5.69. The quantitative estimate of drug-likeness (QED) is 0.102. The predicted molar refractivity (Wildman–Crippen MR) is 218 cm³/mol. The Morgan fingerprint density at radius 3 is 2.06 bits per heavy atom.